The van der Waals surface area contributed by atoms with Crippen LogP contribution in [0, 0.1) is 5.92 Å². The molecule has 7 nitrogen and oxygen atoms in total. The maximum Gasteiger partial charge on any atom is 0.316 e. The zero-order valence-corrected chi connectivity index (χ0v) is 16.4. The van der Waals surface area contributed by atoms with Crippen LogP contribution in [-0.4, -0.2) is 29.8 Å². The fourth-order valence-electron chi connectivity index (χ4n) is 2.84. The average Bonchev–Trinajstić information content (AvgIpc) is 2.96. The zero-order valence-electron chi connectivity index (χ0n) is 14.9. The van der Waals surface area contributed by atoms with Gasteiger partial charge in [-0.15, -0.1) is 5.10 Å². The van der Waals surface area contributed by atoms with Gasteiger partial charge >= 0.3 is 6.01 Å². The van der Waals surface area contributed by atoms with E-state index < -0.39 is 16.1 Å². The fraction of sp³-hybridized carbons (Fsp3) is 0.529. The largest absolute Gasteiger partial charge is 0.463 e. The Hall–Kier alpha value is -1.64. The van der Waals surface area contributed by atoms with Crippen molar-refractivity contribution in [1.82, 2.24) is 19.5 Å². The highest BCUT2D eigenvalue weighted by Crippen LogP contribution is 2.27. The van der Waals surface area contributed by atoms with Crippen LogP contribution in [0.5, 0.6) is 6.01 Å². The van der Waals surface area contributed by atoms with E-state index in [1.165, 1.54) is 31.4 Å². The van der Waals surface area contributed by atoms with Crippen LogP contribution in [0.2, 0.25) is 5.02 Å². The molecule has 1 N–H and O–H groups in total. The number of benzene rings is 1. The van der Waals surface area contributed by atoms with Crippen LogP contribution < -0.4 is 9.46 Å². The monoisotopic (exact) mass is 398 g/mol. The number of halogens is 1. The van der Waals surface area contributed by atoms with Crippen LogP contribution in [0.15, 0.2) is 29.2 Å². The summed E-state index contributed by atoms with van der Waals surface area (Å²) in [7, 11) is -3.69. The molecule has 1 aromatic heterocycles. The lowest BCUT2D eigenvalue weighted by Gasteiger charge is -2.24. The molecule has 0 amide bonds. The first-order valence-corrected chi connectivity index (χ1v) is 10.6. The Balaban J connectivity index is 1.73. The predicted molar refractivity (Wildman–Crippen MR) is 98.7 cm³/mol. The Morgan fingerprint density at radius 3 is 2.58 bits per heavy atom. The Labute approximate surface area is 158 Å². The van der Waals surface area contributed by atoms with Gasteiger partial charge in [-0.25, -0.2) is 13.1 Å². The van der Waals surface area contributed by atoms with Gasteiger partial charge in [0.25, 0.3) is 0 Å². The highest BCUT2D eigenvalue weighted by molar-refractivity contribution is 7.89. The van der Waals surface area contributed by atoms with Gasteiger partial charge in [-0.05, 0) is 56.9 Å². The van der Waals surface area contributed by atoms with Crippen molar-refractivity contribution in [2.24, 2.45) is 5.92 Å². The minimum atomic E-state index is -3.69. The Bertz CT molecular complexity index is 847. The molecule has 1 fully saturated rings. The lowest BCUT2D eigenvalue weighted by atomic mass is 9.86. The van der Waals surface area contributed by atoms with Crippen molar-refractivity contribution in [3.8, 4) is 6.01 Å². The number of ether oxygens (including phenoxy) is 1. The van der Waals surface area contributed by atoms with Crippen LogP contribution in [0.25, 0.3) is 0 Å². The molecule has 0 radical (unpaired) electrons. The molecule has 1 aliphatic carbocycles. The van der Waals surface area contributed by atoms with Crippen molar-refractivity contribution in [1.29, 1.82) is 0 Å². The summed E-state index contributed by atoms with van der Waals surface area (Å²) in [6.07, 6.45) is 3.62. The molecule has 0 spiro atoms. The molecule has 1 aliphatic rings. The number of nitrogens with zero attached hydrogens (tertiary/aromatic N) is 3. The minimum absolute atomic E-state index is 0.151. The van der Waals surface area contributed by atoms with Crippen molar-refractivity contribution >= 4 is 21.6 Å². The van der Waals surface area contributed by atoms with Gasteiger partial charge < -0.3 is 4.74 Å². The molecule has 0 unspecified atom stereocenters. The minimum Gasteiger partial charge on any atom is -0.463 e. The van der Waals surface area contributed by atoms with Gasteiger partial charge in [0.2, 0.25) is 10.0 Å². The molecule has 0 saturated heterocycles. The molecule has 1 heterocycles. The predicted octanol–water partition coefficient (Wildman–Crippen LogP) is 3.17. The molecular weight excluding hydrogens is 376 g/mol. The molecule has 0 bridgehead atoms. The second kappa shape index (κ2) is 7.94. The summed E-state index contributed by atoms with van der Waals surface area (Å²) < 4.78 is 35.3. The van der Waals surface area contributed by atoms with Gasteiger partial charge in [-0.1, -0.05) is 23.1 Å². The molecule has 9 heteroatoms. The lowest BCUT2D eigenvalue weighted by molar-refractivity contribution is 0.164. The maximum atomic E-state index is 12.6. The van der Waals surface area contributed by atoms with Crippen LogP contribution in [0.1, 0.15) is 45.0 Å². The van der Waals surface area contributed by atoms with Crippen LogP contribution in [0.3, 0.4) is 0 Å². The molecule has 0 aliphatic heterocycles. The molecular formula is C17H23ClN4O3S. The lowest BCUT2D eigenvalue weighted by Crippen LogP contribution is -2.29. The van der Waals surface area contributed by atoms with Gasteiger partial charge in [0, 0.05) is 11.6 Å². The van der Waals surface area contributed by atoms with Gasteiger partial charge in [0.1, 0.15) is 0 Å². The average molecular weight is 399 g/mol. The Morgan fingerprint density at radius 1 is 1.31 bits per heavy atom. The van der Waals surface area contributed by atoms with Gasteiger partial charge in [-0.2, -0.15) is 0 Å². The number of hydrogen-bond donors (Lipinski definition) is 1. The van der Waals surface area contributed by atoms with Gasteiger partial charge in [-0.3, -0.25) is 4.57 Å². The summed E-state index contributed by atoms with van der Waals surface area (Å²) in [6.45, 7) is 4.90. The Morgan fingerprint density at radius 2 is 2.00 bits per heavy atom. The van der Waals surface area contributed by atoms with Crippen molar-refractivity contribution in [2.45, 2.75) is 50.6 Å². The standard InChI is InChI=1S/C17H23ClN4O3S/c1-3-22-16(19-20-17(22)25-11-13-5-4-6-13)12(2)21-26(23,24)15-9-7-14(18)8-10-15/h7-10,12-13,21H,3-6,11H2,1-2H3/t12-/m1/s1. The van der Waals surface area contributed by atoms with Crippen molar-refractivity contribution in [2.75, 3.05) is 6.61 Å². The summed E-state index contributed by atoms with van der Waals surface area (Å²) >= 11 is 5.82. The third-order valence-corrected chi connectivity index (χ3v) is 6.39. The van der Waals surface area contributed by atoms with Gasteiger partial charge in [0.15, 0.2) is 5.82 Å². The second-order valence-electron chi connectivity index (χ2n) is 6.49. The molecule has 3 rings (SSSR count). The molecule has 2 aromatic rings. The molecule has 1 aromatic carbocycles. The van der Waals surface area contributed by atoms with Crippen LogP contribution in [0.4, 0.5) is 0 Å². The Kier molecular flexibility index (Phi) is 5.84. The van der Waals surface area contributed by atoms with Crippen LogP contribution in [-0.2, 0) is 16.6 Å². The number of nitrogens with one attached hydrogen (secondary N) is 1. The van der Waals surface area contributed by atoms with Crippen molar-refractivity contribution in [3.05, 3.63) is 35.1 Å². The smallest absolute Gasteiger partial charge is 0.316 e. The van der Waals surface area contributed by atoms with E-state index >= 15 is 0 Å². The normalized spacial score (nSPS) is 16.3. The molecule has 1 atom stereocenters. The molecule has 142 valence electrons. The highest BCUT2D eigenvalue weighted by Gasteiger charge is 2.25. The summed E-state index contributed by atoms with van der Waals surface area (Å²) in [5, 5.41) is 8.71. The zero-order chi connectivity index (χ0) is 18.7. The molecule has 26 heavy (non-hydrogen) atoms. The summed E-state index contributed by atoms with van der Waals surface area (Å²) in [6, 6.07) is 5.91. The number of rotatable bonds is 8. The van der Waals surface area contributed by atoms with E-state index in [9.17, 15) is 8.42 Å². The summed E-state index contributed by atoms with van der Waals surface area (Å²) in [5.74, 6) is 1.11. The van der Waals surface area contributed by atoms with Crippen molar-refractivity contribution < 1.29 is 13.2 Å². The van der Waals surface area contributed by atoms with Crippen LogP contribution >= 0.6 is 11.6 Å². The van der Waals surface area contributed by atoms with E-state index in [-0.39, 0.29) is 4.90 Å². The van der Waals surface area contributed by atoms with Crippen molar-refractivity contribution in [3.63, 3.8) is 0 Å². The SMILES string of the molecule is CCn1c(OCC2CCC2)nnc1[C@@H](C)NS(=O)(=O)c1ccc(Cl)cc1. The summed E-state index contributed by atoms with van der Waals surface area (Å²) in [5.41, 5.74) is 0. The quantitative estimate of drug-likeness (QED) is 0.738. The van der Waals surface area contributed by atoms with E-state index in [0.29, 0.717) is 35.9 Å². The topological polar surface area (TPSA) is 86.1 Å². The van der Waals surface area contributed by atoms with E-state index in [4.69, 9.17) is 16.3 Å². The maximum absolute atomic E-state index is 12.6. The number of sulfonamides is 1. The van der Waals surface area contributed by atoms with E-state index in [1.807, 2.05) is 6.92 Å². The summed E-state index contributed by atoms with van der Waals surface area (Å²) in [4.78, 5) is 0.151. The number of hydrogen-bond acceptors (Lipinski definition) is 5. The third kappa shape index (κ3) is 4.19. The fourth-order valence-corrected chi connectivity index (χ4v) is 4.17. The van der Waals surface area contributed by atoms with Gasteiger partial charge in [0.05, 0.1) is 17.5 Å². The first kappa shape index (κ1) is 19.1. The first-order valence-electron chi connectivity index (χ1n) is 8.74. The third-order valence-electron chi connectivity index (χ3n) is 4.58. The second-order valence-corrected chi connectivity index (χ2v) is 8.64. The van der Waals surface area contributed by atoms with E-state index in [2.05, 4.69) is 14.9 Å². The van der Waals surface area contributed by atoms with E-state index in [1.54, 1.807) is 23.6 Å². The molecule has 1 saturated carbocycles. The first-order chi connectivity index (χ1) is 12.4. The number of aromatic nitrogens is 3. The highest BCUT2D eigenvalue weighted by atomic mass is 35.5. The van der Waals surface area contributed by atoms with E-state index in [0.717, 1.165) is 0 Å².